The van der Waals surface area contributed by atoms with Crippen molar-refractivity contribution in [1.29, 1.82) is 0 Å². The first-order valence-corrected chi connectivity index (χ1v) is 6.71. The van der Waals surface area contributed by atoms with Crippen molar-refractivity contribution in [3.05, 3.63) is 11.6 Å². The number of nitrogens with two attached hydrogens (primary N) is 1. The van der Waals surface area contributed by atoms with E-state index in [-0.39, 0.29) is 0 Å². The molecule has 0 aromatic heterocycles. The second-order valence-corrected chi connectivity index (χ2v) is 4.99. The van der Waals surface area contributed by atoms with E-state index in [1.54, 1.807) is 5.57 Å². The van der Waals surface area contributed by atoms with Gasteiger partial charge >= 0.3 is 0 Å². The standard InChI is InChI=1S/C14H27N/c1-3-5-7-12(4-2)10-13-8-6-9-14(15)11-13/h10,12,14H,3-9,11,15H2,1-2H3. The van der Waals surface area contributed by atoms with E-state index in [2.05, 4.69) is 19.9 Å². The number of allylic oxidation sites excluding steroid dienone is 1. The van der Waals surface area contributed by atoms with E-state index < -0.39 is 0 Å². The van der Waals surface area contributed by atoms with Crippen LogP contribution < -0.4 is 5.73 Å². The summed E-state index contributed by atoms with van der Waals surface area (Å²) >= 11 is 0. The van der Waals surface area contributed by atoms with Gasteiger partial charge in [0.15, 0.2) is 0 Å². The van der Waals surface area contributed by atoms with Gasteiger partial charge in [0.05, 0.1) is 0 Å². The largest absolute Gasteiger partial charge is 0.327 e. The highest BCUT2D eigenvalue weighted by Crippen LogP contribution is 2.26. The molecule has 0 saturated heterocycles. The zero-order valence-corrected chi connectivity index (χ0v) is 10.5. The number of rotatable bonds is 5. The highest BCUT2D eigenvalue weighted by atomic mass is 14.6. The van der Waals surface area contributed by atoms with Crippen molar-refractivity contribution in [2.45, 2.75) is 71.3 Å². The molecule has 1 heteroatoms. The van der Waals surface area contributed by atoms with E-state index in [9.17, 15) is 0 Å². The summed E-state index contributed by atoms with van der Waals surface area (Å²) in [6.07, 6.45) is 12.9. The molecule has 2 N–H and O–H groups in total. The zero-order chi connectivity index (χ0) is 11.1. The predicted octanol–water partition coefficient (Wildman–Crippen LogP) is 4.03. The Morgan fingerprint density at radius 1 is 1.47 bits per heavy atom. The van der Waals surface area contributed by atoms with Crippen LogP contribution in [0.5, 0.6) is 0 Å². The molecule has 1 saturated carbocycles. The quantitative estimate of drug-likeness (QED) is 0.680. The summed E-state index contributed by atoms with van der Waals surface area (Å²) in [5.74, 6) is 0.810. The number of hydrogen-bond donors (Lipinski definition) is 1. The van der Waals surface area contributed by atoms with Crippen molar-refractivity contribution < 1.29 is 0 Å². The lowest BCUT2D eigenvalue weighted by atomic mass is 9.87. The smallest absolute Gasteiger partial charge is 0.00761 e. The Kier molecular flexibility index (Phi) is 6.00. The van der Waals surface area contributed by atoms with Gasteiger partial charge in [-0.05, 0) is 44.4 Å². The van der Waals surface area contributed by atoms with Crippen LogP contribution >= 0.6 is 0 Å². The third-order valence-electron chi connectivity index (χ3n) is 3.52. The minimum atomic E-state index is 0.439. The van der Waals surface area contributed by atoms with Crippen LogP contribution in [-0.4, -0.2) is 6.04 Å². The number of hydrogen-bond acceptors (Lipinski definition) is 1. The van der Waals surface area contributed by atoms with Gasteiger partial charge in [-0.1, -0.05) is 38.3 Å². The van der Waals surface area contributed by atoms with E-state index in [4.69, 9.17) is 5.73 Å². The molecule has 2 atom stereocenters. The normalized spacial score (nSPS) is 26.9. The molecule has 88 valence electrons. The molecule has 1 nitrogen and oxygen atoms in total. The Hall–Kier alpha value is -0.300. The van der Waals surface area contributed by atoms with Crippen LogP contribution in [0.4, 0.5) is 0 Å². The first-order valence-electron chi connectivity index (χ1n) is 6.71. The second kappa shape index (κ2) is 7.05. The SMILES string of the molecule is CCCCC(C=C1CCCC(N)C1)CC. The Balaban J connectivity index is 2.42. The van der Waals surface area contributed by atoms with Gasteiger partial charge in [0.25, 0.3) is 0 Å². The highest BCUT2D eigenvalue weighted by molar-refractivity contribution is 5.08. The lowest BCUT2D eigenvalue weighted by molar-refractivity contribution is 0.494. The maximum absolute atomic E-state index is 6.00. The molecular weight excluding hydrogens is 182 g/mol. The van der Waals surface area contributed by atoms with Crippen LogP contribution in [0.2, 0.25) is 0 Å². The van der Waals surface area contributed by atoms with Crippen molar-refractivity contribution in [1.82, 2.24) is 0 Å². The van der Waals surface area contributed by atoms with Crippen LogP contribution in [0.3, 0.4) is 0 Å². The zero-order valence-electron chi connectivity index (χ0n) is 10.5. The second-order valence-electron chi connectivity index (χ2n) is 4.99. The minimum Gasteiger partial charge on any atom is -0.327 e. The lowest BCUT2D eigenvalue weighted by Crippen LogP contribution is -2.24. The monoisotopic (exact) mass is 209 g/mol. The van der Waals surface area contributed by atoms with Crippen LogP contribution in [-0.2, 0) is 0 Å². The molecule has 0 amide bonds. The lowest BCUT2D eigenvalue weighted by Gasteiger charge is -2.22. The first kappa shape index (κ1) is 12.8. The summed E-state index contributed by atoms with van der Waals surface area (Å²) < 4.78 is 0. The summed E-state index contributed by atoms with van der Waals surface area (Å²) in [7, 11) is 0. The van der Waals surface area contributed by atoms with Gasteiger partial charge in [0.2, 0.25) is 0 Å². The van der Waals surface area contributed by atoms with Crippen LogP contribution in [0.25, 0.3) is 0 Å². The molecule has 0 heterocycles. The molecule has 0 bridgehead atoms. The van der Waals surface area contributed by atoms with E-state index >= 15 is 0 Å². The van der Waals surface area contributed by atoms with E-state index in [1.165, 1.54) is 44.9 Å². The summed E-state index contributed by atoms with van der Waals surface area (Å²) in [6.45, 7) is 4.58. The summed E-state index contributed by atoms with van der Waals surface area (Å²) in [6, 6.07) is 0.439. The summed E-state index contributed by atoms with van der Waals surface area (Å²) in [5, 5.41) is 0. The molecule has 1 aliphatic rings. The first-order chi connectivity index (χ1) is 7.26. The maximum Gasteiger partial charge on any atom is 0.00761 e. The maximum atomic E-state index is 6.00. The molecule has 0 aliphatic heterocycles. The van der Waals surface area contributed by atoms with Gasteiger partial charge in [-0.2, -0.15) is 0 Å². The van der Waals surface area contributed by atoms with Crippen molar-refractivity contribution in [3.8, 4) is 0 Å². The van der Waals surface area contributed by atoms with Crippen molar-refractivity contribution in [2.24, 2.45) is 11.7 Å². The average Bonchev–Trinajstić information content (AvgIpc) is 2.24. The fraction of sp³-hybridized carbons (Fsp3) is 0.857. The Morgan fingerprint density at radius 3 is 2.87 bits per heavy atom. The fourth-order valence-electron chi connectivity index (χ4n) is 2.49. The predicted molar refractivity (Wildman–Crippen MR) is 67.8 cm³/mol. The van der Waals surface area contributed by atoms with E-state index in [1.807, 2.05) is 0 Å². The van der Waals surface area contributed by atoms with Gasteiger partial charge in [-0.15, -0.1) is 0 Å². The molecule has 0 radical (unpaired) electrons. The summed E-state index contributed by atoms with van der Waals surface area (Å²) in [5.41, 5.74) is 7.64. The van der Waals surface area contributed by atoms with Crippen LogP contribution in [0.1, 0.15) is 65.2 Å². The molecular formula is C14H27N. The molecule has 1 aliphatic carbocycles. The van der Waals surface area contributed by atoms with Crippen molar-refractivity contribution in [2.75, 3.05) is 0 Å². The van der Waals surface area contributed by atoms with E-state index in [0.29, 0.717) is 6.04 Å². The Labute approximate surface area is 95.1 Å². The van der Waals surface area contributed by atoms with Gasteiger partial charge < -0.3 is 5.73 Å². The highest BCUT2D eigenvalue weighted by Gasteiger charge is 2.14. The Morgan fingerprint density at radius 2 is 2.27 bits per heavy atom. The molecule has 1 rings (SSSR count). The molecule has 0 aromatic rings. The average molecular weight is 209 g/mol. The van der Waals surface area contributed by atoms with Gasteiger partial charge in [0.1, 0.15) is 0 Å². The molecule has 1 fully saturated rings. The van der Waals surface area contributed by atoms with Crippen molar-refractivity contribution >= 4 is 0 Å². The van der Waals surface area contributed by atoms with Crippen LogP contribution in [0.15, 0.2) is 11.6 Å². The third-order valence-corrected chi connectivity index (χ3v) is 3.52. The molecule has 0 spiro atoms. The van der Waals surface area contributed by atoms with Gasteiger partial charge in [-0.3, -0.25) is 0 Å². The topological polar surface area (TPSA) is 26.0 Å². The van der Waals surface area contributed by atoms with Crippen molar-refractivity contribution in [3.63, 3.8) is 0 Å². The fourth-order valence-corrected chi connectivity index (χ4v) is 2.49. The molecule has 15 heavy (non-hydrogen) atoms. The summed E-state index contributed by atoms with van der Waals surface area (Å²) in [4.78, 5) is 0. The minimum absolute atomic E-state index is 0.439. The van der Waals surface area contributed by atoms with Gasteiger partial charge in [-0.25, -0.2) is 0 Å². The van der Waals surface area contributed by atoms with Crippen LogP contribution in [0, 0.1) is 5.92 Å². The molecule has 2 unspecified atom stereocenters. The third kappa shape index (κ3) is 4.83. The number of unbranched alkanes of at least 4 members (excludes halogenated alkanes) is 1. The molecule has 0 aromatic carbocycles. The van der Waals surface area contributed by atoms with E-state index in [0.717, 1.165) is 12.3 Å². The Bertz CT molecular complexity index is 196. The van der Waals surface area contributed by atoms with Gasteiger partial charge in [0, 0.05) is 6.04 Å².